The first-order chi connectivity index (χ1) is 14.4. The Morgan fingerprint density at radius 3 is 2.40 bits per heavy atom. The van der Waals surface area contributed by atoms with Crippen molar-refractivity contribution in [3.8, 4) is 0 Å². The van der Waals surface area contributed by atoms with Crippen LogP contribution in [0.15, 0.2) is 53.4 Å². The maximum absolute atomic E-state index is 13.3. The zero-order chi connectivity index (χ0) is 21.4. The lowest BCUT2D eigenvalue weighted by molar-refractivity contribution is -0.122. The maximum atomic E-state index is 13.3. The van der Waals surface area contributed by atoms with Crippen LogP contribution in [-0.4, -0.2) is 40.0 Å². The third kappa shape index (κ3) is 3.53. The molecule has 1 N–H and O–H groups in total. The lowest BCUT2D eigenvalue weighted by Gasteiger charge is -2.17. The number of nitrogens with zero attached hydrogens (tertiary/aromatic N) is 2. The minimum atomic E-state index is -0.369. The summed E-state index contributed by atoms with van der Waals surface area (Å²) < 4.78 is 0.436. The molecule has 0 atom stereocenters. The fourth-order valence-corrected chi connectivity index (χ4v) is 4.92. The quantitative estimate of drug-likeness (QED) is 0.585. The average Bonchev–Trinajstić information content (AvgIpc) is 3.16. The van der Waals surface area contributed by atoms with Crippen LogP contribution in [0.25, 0.3) is 5.57 Å². The van der Waals surface area contributed by atoms with E-state index in [0.29, 0.717) is 38.3 Å². The molecular weight excluding hydrogens is 418 g/mol. The second-order valence-corrected chi connectivity index (χ2v) is 8.59. The topological polar surface area (TPSA) is 69.7 Å². The number of thiocarbonyl (C=S) groups is 1. The van der Waals surface area contributed by atoms with Gasteiger partial charge in [0.25, 0.3) is 11.8 Å². The summed E-state index contributed by atoms with van der Waals surface area (Å²) in [5, 5.41) is 2.81. The van der Waals surface area contributed by atoms with Crippen LogP contribution in [0.2, 0.25) is 0 Å². The summed E-state index contributed by atoms with van der Waals surface area (Å²) in [5.41, 5.74) is 3.31. The van der Waals surface area contributed by atoms with Gasteiger partial charge in [0, 0.05) is 17.8 Å². The van der Waals surface area contributed by atoms with Crippen LogP contribution in [0, 0.1) is 6.92 Å². The fourth-order valence-electron chi connectivity index (χ4n) is 3.46. The van der Waals surface area contributed by atoms with Crippen molar-refractivity contribution < 1.29 is 14.4 Å². The predicted molar refractivity (Wildman–Crippen MR) is 123 cm³/mol. The van der Waals surface area contributed by atoms with Gasteiger partial charge < -0.3 is 5.32 Å². The van der Waals surface area contributed by atoms with Crippen molar-refractivity contribution in [1.29, 1.82) is 0 Å². The minimum Gasteiger partial charge on any atom is -0.325 e. The molecule has 2 aliphatic heterocycles. The zero-order valence-electron chi connectivity index (χ0n) is 16.5. The lowest BCUT2D eigenvalue weighted by Crippen LogP contribution is -2.35. The first kappa shape index (κ1) is 20.3. The Morgan fingerprint density at radius 1 is 1.03 bits per heavy atom. The van der Waals surface area contributed by atoms with Gasteiger partial charge in [0.05, 0.1) is 16.2 Å². The van der Waals surface area contributed by atoms with Gasteiger partial charge in [0.15, 0.2) is 0 Å². The molecule has 30 heavy (non-hydrogen) atoms. The summed E-state index contributed by atoms with van der Waals surface area (Å²) in [6.07, 6.45) is 0. The number of amides is 3. The second kappa shape index (κ2) is 8.04. The molecule has 0 saturated carbocycles. The Hall–Kier alpha value is -2.97. The van der Waals surface area contributed by atoms with Gasteiger partial charge >= 0.3 is 0 Å². The Labute approximate surface area is 183 Å². The van der Waals surface area contributed by atoms with Crippen LogP contribution in [-0.2, 0) is 14.4 Å². The predicted octanol–water partition coefficient (Wildman–Crippen LogP) is 3.57. The summed E-state index contributed by atoms with van der Waals surface area (Å²) >= 11 is 6.43. The summed E-state index contributed by atoms with van der Waals surface area (Å²) in [6, 6.07) is 14.6. The van der Waals surface area contributed by atoms with E-state index in [0.717, 1.165) is 17.3 Å². The lowest BCUT2D eigenvalue weighted by atomic mass is 10.1. The van der Waals surface area contributed by atoms with E-state index in [2.05, 4.69) is 5.32 Å². The molecule has 4 rings (SSSR count). The van der Waals surface area contributed by atoms with E-state index in [9.17, 15) is 14.4 Å². The Balaban J connectivity index is 1.65. The number of para-hydroxylation sites is 1. The number of hydrogen-bond acceptors (Lipinski definition) is 5. The standard InChI is InChI=1S/C22H19N3O3S2/c1-3-24-21(28)19(30-22(24)29)18-15-6-4-5-7-16(15)25(20(18)27)12-17(26)23-14-10-8-13(2)9-11-14/h4-11H,3,12H2,1-2H3,(H,23,26)/b19-18-. The van der Waals surface area contributed by atoms with Crippen LogP contribution in [0.1, 0.15) is 18.1 Å². The largest absolute Gasteiger partial charge is 0.325 e. The molecule has 6 nitrogen and oxygen atoms in total. The van der Waals surface area contributed by atoms with Gasteiger partial charge in [-0.15, -0.1) is 0 Å². The Bertz CT molecular complexity index is 1110. The van der Waals surface area contributed by atoms with Gasteiger partial charge in [-0.3, -0.25) is 24.2 Å². The first-order valence-electron chi connectivity index (χ1n) is 9.46. The normalized spacial score (nSPS) is 18.3. The number of rotatable bonds is 4. The third-order valence-corrected chi connectivity index (χ3v) is 6.40. The molecule has 0 spiro atoms. The number of carbonyl (C=O) groups excluding carboxylic acids is 3. The Morgan fingerprint density at radius 2 is 1.73 bits per heavy atom. The van der Waals surface area contributed by atoms with E-state index < -0.39 is 0 Å². The maximum Gasteiger partial charge on any atom is 0.266 e. The number of hydrogen-bond donors (Lipinski definition) is 1. The number of aryl methyl sites for hydroxylation is 1. The summed E-state index contributed by atoms with van der Waals surface area (Å²) in [5.74, 6) is -0.951. The molecule has 2 aliphatic rings. The summed E-state index contributed by atoms with van der Waals surface area (Å²) in [4.78, 5) is 41.9. The highest BCUT2D eigenvalue weighted by Gasteiger charge is 2.41. The molecule has 2 aromatic rings. The second-order valence-electron chi connectivity index (χ2n) is 6.94. The van der Waals surface area contributed by atoms with Gasteiger partial charge in [-0.25, -0.2) is 0 Å². The van der Waals surface area contributed by atoms with Gasteiger partial charge in [-0.2, -0.15) is 0 Å². The van der Waals surface area contributed by atoms with Crippen molar-refractivity contribution >= 4 is 63.0 Å². The van der Waals surface area contributed by atoms with Crippen molar-refractivity contribution in [2.45, 2.75) is 13.8 Å². The summed E-state index contributed by atoms with van der Waals surface area (Å²) in [6.45, 7) is 4.10. The number of likely N-dealkylation sites (N-methyl/N-ethyl adjacent to an activating group) is 1. The molecule has 0 aliphatic carbocycles. The van der Waals surface area contributed by atoms with Gasteiger partial charge in [0.1, 0.15) is 10.9 Å². The van der Waals surface area contributed by atoms with E-state index in [1.54, 1.807) is 18.2 Å². The number of anilines is 2. The molecule has 152 valence electrons. The van der Waals surface area contributed by atoms with Crippen LogP contribution >= 0.6 is 24.0 Å². The molecule has 3 amide bonds. The van der Waals surface area contributed by atoms with Gasteiger partial charge in [-0.1, -0.05) is 59.9 Å². The molecule has 0 unspecified atom stereocenters. The zero-order valence-corrected chi connectivity index (χ0v) is 18.1. The van der Waals surface area contributed by atoms with Crippen LogP contribution in [0.4, 0.5) is 11.4 Å². The van der Waals surface area contributed by atoms with Crippen molar-refractivity contribution in [3.63, 3.8) is 0 Å². The molecule has 1 fully saturated rings. The SMILES string of the molecule is CCN1C(=O)/C(=C2/C(=O)N(CC(=O)Nc3ccc(C)cc3)c3ccccc32)SC1=S. The highest BCUT2D eigenvalue weighted by Crippen LogP contribution is 2.44. The molecule has 8 heteroatoms. The smallest absolute Gasteiger partial charge is 0.266 e. The van der Waals surface area contributed by atoms with Crippen molar-refractivity contribution in [2.75, 3.05) is 23.3 Å². The van der Waals surface area contributed by atoms with Gasteiger partial charge in [0.2, 0.25) is 5.91 Å². The highest BCUT2D eigenvalue weighted by molar-refractivity contribution is 8.26. The molecule has 2 aromatic carbocycles. The molecule has 0 radical (unpaired) electrons. The monoisotopic (exact) mass is 437 g/mol. The third-order valence-electron chi connectivity index (χ3n) is 4.95. The average molecular weight is 438 g/mol. The van der Waals surface area contributed by atoms with Crippen LogP contribution in [0.3, 0.4) is 0 Å². The van der Waals surface area contributed by atoms with E-state index in [4.69, 9.17) is 12.2 Å². The number of thioether (sulfide) groups is 1. The first-order valence-corrected chi connectivity index (χ1v) is 10.7. The van der Waals surface area contributed by atoms with Gasteiger partial charge in [-0.05, 0) is 32.0 Å². The van der Waals surface area contributed by atoms with Crippen molar-refractivity contribution in [3.05, 3.63) is 64.6 Å². The van der Waals surface area contributed by atoms with E-state index >= 15 is 0 Å². The van der Waals surface area contributed by atoms with Crippen LogP contribution in [0.5, 0.6) is 0 Å². The number of fused-ring (bicyclic) bond motifs is 1. The molecule has 0 aromatic heterocycles. The van der Waals surface area contributed by atoms with Crippen molar-refractivity contribution in [1.82, 2.24) is 4.90 Å². The van der Waals surface area contributed by atoms with E-state index in [1.165, 1.54) is 9.80 Å². The Kier molecular flexibility index (Phi) is 5.44. The van der Waals surface area contributed by atoms with Crippen LogP contribution < -0.4 is 10.2 Å². The number of nitrogens with one attached hydrogen (secondary N) is 1. The molecule has 2 heterocycles. The van der Waals surface area contributed by atoms with E-state index in [1.807, 2.05) is 44.2 Å². The fraction of sp³-hybridized carbons (Fsp3) is 0.182. The van der Waals surface area contributed by atoms with Crippen molar-refractivity contribution in [2.24, 2.45) is 0 Å². The number of benzene rings is 2. The summed E-state index contributed by atoms with van der Waals surface area (Å²) in [7, 11) is 0. The highest BCUT2D eigenvalue weighted by atomic mass is 32.2. The molecule has 0 bridgehead atoms. The minimum absolute atomic E-state index is 0.151. The molecule has 1 saturated heterocycles. The molecular formula is C22H19N3O3S2. The van der Waals surface area contributed by atoms with E-state index in [-0.39, 0.29) is 24.3 Å². The number of carbonyl (C=O) groups is 3.